The molecule has 0 saturated carbocycles. The molecule has 3 rings (SSSR count). The first kappa shape index (κ1) is 13.1. The van der Waals surface area contributed by atoms with Gasteiger partial charge in [0.2, 0.25) is 0 Å². The fraction of sp³-hybridized carbons (Fsp3) is 0.250. The Bertz CT molecular complexity index is 640. The van der Waals surface area contributed by atoms with Gasteiger partial charge in [-0.2, -0.15) is 0 Å². The van der Waals surface area contributed by atoms with Crippen molar-refractivity contribution in [1.29, 1.82) is 0 Å². The summed E-state index contributed by atoms with van der Waals surface area (Å²) in [5.41, 5.74) is 1.91. The van der Waals surface area contributed by atoms with Crippen LogP contribution in [0.5, 0.6) is 5.75 Å². The van der Waals surface area contributed by atoms with Crippen molar-refractivity contribution in [2.24, 2.45) is 0 Å². The number of aliphatic hydroxyl groups excluding tert-OH is 1. The van der Waals surface area contributed by atoms with Crippen LogP contribution in [0.4, 0.5) is 8.78 Å². The highest BCUT2D eigenvalue weighted by Gasteiger charge is 2.17. The quantitative estimate of drug-likeness (QED) is 0.933. The number of hydrogen-bond acceptors (Lipinski definition) is 2. The Hall–Kier alpha value is -1.94. The summed E-state index contributed by atoms with van der Waals surface area (Å²) < 4.78 is 32.1. The summed E-state index contributed by atoms with van der Waals surface area (Å²) in [7, 11) is 0. The van der Waals surface area contributed by atoms with Gasteiger partial charge in [-0.25, -0.2) is 8.78 Å². The lowest BCUT2D eigenvalue weighted by atomic mass is 9.98. The van der Waals surface area contributed by atoms with Crippen LogP contribution in [0.2, 0.25) is 0 Å². The maximum absolute atomic E-state index is 13.6. The van der Waals surface area contributed by atoms with Crippen molar-refractivity contribution in [2.45, 2.75) is 18.9 Å². The summed E-state index contributed by atoms with van der Waals surface area (Å²) in [5, 5.41) is 10.2. The van der Waals surface area contributed by atoms with Gasteiger partial charge in [0.15, 0.2) is 11.6 Å². The maximum atomic E-state index is 13.6. The average molecular weight is 276 g/mol. The minimum atomic E-state index is -0.893. The van der Waals surface area contributed by atoms with Crippen LogP contribution in [0.3, 0.4) is 0 Å². The fourth-order valence-electron chi connectivity index (χ4n) is 2.45. The normalized spacial score (nSPS) is 14.8. The van der Waals surface area contributed by atoms with Crippen molar-refractivity contribution >= 4 is 0 Å². The molecule has 0 radical (unpaired) electrons. The SMILES string of the molecule is OC(Cc1cccc(F)c1F)c1ccc2c(c1)CCO2. The van der Waals surface area contributed by atoms with Crippen LogP contribution in [0.1, 0.15) is 22.8 Å². The van der Waals surface area contributed by atoms with E-state index in [0.29, 0.717) is 12.2 Å². The van der Waals surface area contributed by atoms with Crippen molar-refractivity contribution in [3.05, 3.63) is 64.7 Å². The number of rotatable bonds is 3. The lowest BCUT2D eigenvalue weighted by Crippen LogP contribution is -2.05. The third-order valence-corrected chi connectivity index (χ3v) is 3.54. The third kappa shape index (κ3) is 2.39. The first-order valence-electron chi connectivity index (χ1n) is 6.52. The zero-order chi connectivity index (χ0) is 14.1. The molecule has 0 fully saturated rings. The molecular formula is C16H14F2O2. The van der Waals surface area contributed by atoms with Gasteiger partial charge in [0.1, 0.15) is 5.75 Å². The van der Waals surface area contributed by atoms with E-state index in [2.05, 4.69) is 0 Å². The van der Waals surface area contributed by atoms with Crippen LogP contribution >= 0.6 is 0 Å². The third-order valence-electron chi connectivity index (χ3n) is 3.54. The van der Waals surface area contributed by atoms with Crippen molar-refractivity contribution in [2.75, 3.05) is 6.61 Å². The number of ether oxygens (including phenoxy) is 1. The summed E-state index contributed by atoms with van der Waals surface area (Å²) in [4.78, 5) is 0. The van der Waals surface area contributed by atoms with Crippen LogP contribution in [-0.2, 0) is 12.8 Å². The van der Waals surface area contributed by atoms with Gasteiger partial charge >= 0.3 is 0 Å². The topological polar surface area (TPSA) is 29.5 Å². The molecule has 1 N–H and O–H groups in total. The molecule has 1 unspecified atom stereocenters. The van der Waals surface area contributed by atoms with E-state index in [4.69, 9.17) is 4.74 Å². The zero-order valence-corrected chi connectivity index (χ0v) is 10.8. The van der Waals surface area contributed by atoms with Gasteiger partial charge in [0, 0.05) is 12.8 Å². The Kier molecular flexibility index (Phi) is 3.40. The number of aliphatic hydroxyl groups is 1. The highest BCUT2D eigenvalue weighted by atomic mass is 19.2. The Labute approximate surface area is 115 Å². The van der Waals surface area contributed by atoms with E-state index in [1.54, 1.807) is 6.07 Å². The van der Waals surface area contributed by atoms with Crippen molar-refractivity contribution in [1.82, 2.24) is 0 Å². The minimum Gasteiger partial charge on any atom is -0.493 e. The van der Waals surface area contributed by atoms with Crippen LogP contribution in [-0.4, -0.2) is 11.7 Å². The monoisotopic (exact) mass is 276 g/mol. The summed E-state index contributed by atoms with van der Waals surface area (Å²) in [5.74, 6) is -0.953. The molecule has 0 spiro atoms. The molecular weight excluding hydrogens is 262 g/mol. The van der Waals surface area contributed by atoms with Gasteiger partial charge in [-0.1, -0.05) is 18.2 Å². The Morgan fingerprint density at radius 3 is 2.90 bits per heavy atom. The summed E-state index contributed by atoms with van der Waals surface area (Å²) in [6.45, 7) is 0.646. The molecule has 0 bridgehead atoms. The lowest BCUT2D eigenvalue weighted by Gasteiger charge is -2.13. The lowest BCUT2D eigenvalue weighted by molar-refractivity contribution is 0.176. The molecule has 1 heterocycles. The number of halogens is 2. The smallest absolute Gasteiger partial charge is 0.162 e. The number of hydrogen-bond donors (Lipinski definition) is 1. The fourth-order valence-corrected chi connectivity index (χ4v) is 2.45. The van der Waals surface area contributed by atoms with Gasteiger partial charge in [-0.3, -0.25) is 0 Å². The molecule has 1 aliphatic rings. The van der Waals surface area contributed by atoms with E-state index in [1.165, 1.54) is 12.1 Å². The van der Waals surface area contributed by atoms with Gasteiger partial charge in [-0.15, -0.1) is 0 Å². The van der Waals surface area contributed by atoms with Gasteiger partial charge in [0.25, 0.3) is 0 Å². The second-order valence-corrected chi connectivity index (χ2v) is 4.90. The molecule has 4 heteroatoms. The maximum Gasteiger partial charge on any atom is 0.162 e. The van der Waals surface area contributed by atoms with Crippen molar-refractivity contribution < 1.29 is 18.6 Å². The van der Waals surface area contributed by atoms with Crippen LogP contribution in [0.15, 0.2) is 36.4 Å². The van der Waals surface area contributed by atoms with Gasteiger partial charge < -0.3 is 9.84 Å². The number of fused-ring (bicyclic) bond motifs is 1. The molecule has 2 nitrogen and oxygen atoms in total. The van der Waals surface area contributed by atoms with Crippen LogP contribution in [0.25, 0.3) is 0 Å². The molecule has 0 amide bonds. The second-order valence-electron chi connectivity index (χ2n) is 4.90. The van der Waals surface area contributed by atoms with Crippen molar-refractivity contribution in [3.63, 3.8) is 0 Å². The van der Waals surface area contributed by atoms with Gasteiger partial charge in [-0.05, 0) is 34.9 Å². The highest BCUT2D eigenvalue weighted by molar-refractivity contribution is 5.40. The summed E-state index contributed by atoms with van der Waals surface area (Å²) in [6, 6.07) is 9.42. The van der Waals surface area contributed by atoms with E-state index in [0.717, 1.165) is 23.8 Å². The van der Waals surface area contributed by atoms with E-state index in [1.807, 2.05) is 12.1 Å². The number of benzene rings is 2. The van der Waals surface area contributed by atoms with Crippen molar-refractivity contribution in [3.8, 4) is 5.75 Å². The molecule has 104 valence electrons. The molecule has 2 aromatic carbocycles. The van der Waals surface area contributed by atoms with Crippen LogP contribution < -0.4 is 4.74 Å². The molecule has 1 atom stereocenters. The molecule has 2 aromatic rings. The molecule has 0 saturated heterocycles. The standard InChI is InChI=1S/C16H14F2O2/c17-13-3-1-2-12(16(13)18)9-14(19)10-4-5-15-11(8-10)6-7-20-15/h1-5,8,14,19H,6-7,9H2. The van der Waals surface area contributed by atoms with Gasteiger partial charge in [0.05, 0.1) is 12.7 Å². The predicted octanol–water partition coefficient (Wildman–Crippen LogP) is 3.18. The van der Waals surface area contributed by atoms with Crippen LogP contribution in [0, 0.1) is 11.6 Å². The largest absolute Gasteiger partial charge is 0.493 e. The average Bonchev–Trinajstić information content (AvgIpc) is 2.91. The highest BCUT2D eigenvalue weighted by Crippen LogP contribution is 2.29. The Morgan fingerprint density at radius 2 is 2.05 bits per heavy atom. The second kappa shape index (κ2) is 5.21. The predicted molar refractivity (Wildman–Crippen MR) is 70.7 cm³/mol. The van der Waals surface area contributed by atoms with E-state index in [9.17, 15) is 13.9 Å². The molecule has 20 heavy (non-hydrogen) atoms. The Morgan fingerprint density at radius 1 is 1.20 bits per heavy atom. The zero-order valence-electron chi connectivity index (χ0n) is 10.8. The summed E-state index contributed by atoms with van der Waals surface area (Å²) in [6.07, 6.45) is -0.00908. The first-order valence-corrected chi connectivity index (χ1v) is 6.52. The van der Waals surface area contributed by atoms with E-state index in [-0.39, 0.29) is 12.0 Å². The summed E-state index contributed by atoms with van der Waals surface area (Å²) >= 11 is 0. The first-order chi connectivity index (χ1) is 9.65. The minimum absolute atomic E-state index is 0.0449. The van der Waals surface area contributed by atoms with E-state index < -0.39 is 17.7 Å². The molecule has 0 aromatic heterocycles. The molecule has 1 aliphatic heterocycles. The Balaban J connectivity index is 1.82. The molecule has 0 aliphatic carbocycles. The van der Waals surface area contributed by atoms with E-state index >= 15 is 0 Å².